The van der Waals surface area contributed by atoms with E-state index in [2.05, 4.69) is 179 Å². The van der Waals surface area contributed by atoms with Crippen LogP contribution in [0.3, 0.4) is 0 Å². The van der Waals surface area contributed by atoms with Crippen LogP contribution in [0.25, 0.3) is 43.8 Å². The molecule has 6 aromatic carbocycles. The zero-order valence-corrected chi connectivity index (χ0v) is 36.7. The first-order valence-electron chi connectivity index (χ1n) is 17.1. The Hall–Kier alpha value is -2.22. The third kappa shape index (κ3) is 10.9. The Bertz CT molecular complexity index is 1970. The molecule has 4 heteroatoms. The van der Waals surface area contributed by atoms with E-state index in [1.54, 1.807) is 23.3 Å². The molecule has 0 heterocycles. The van der Waals surface area contributed by atoms with Gasteiger partial charge in [-0.3, -0.25) is 0 Å². The summed E-state index contributed by atoms with van der Waals surface area (Å²) in [5.74, 6) is 0. The van der Waals surface area contributed by atoms with Crippen LogP contribution in [0.2, 0.25) is 13.1 Å². The van der Waals surface area contributed by atoms with Crippen molar-refractivity contribution in [1.82, 2.24) is 0 Å². The van der Waals surface area contributed by atoms with Crippen molar-refractivity contribution in [3.8, 4) is 22.3 Å². The molecule has 0 saturated heterocycles. The van der Waals surface area contributed by atoms with Crippen LogP contribution in [0.4, 0.5) is 0 Å². The summed E-state index contributed by atoms with van der Waals surface area (Å²) in [6.45, 7) is 27.0. The van der Waals surface area contributed by atoms with Crippen LogP contribution >= 0.6 is 0 Å². The van der Waals surface area contributed by atoms with E-state index in [1.807, 2.05) is 0 Å². The van der Waals surface area contributed by atoms with E-state index < -0.39 is 0 Å². The van der Waals surface area contributed by atoms with Crippen molar-refractivity contribution < 1.29 is 48.1 Å². The standard InChI is InChI=1S/C22H25.C21H23.C2H6Si.2ClH.Zr/c1-6-16-13-20-15(2)7-12-19(21(20)14-16)17-8-10-18(11-9-17)22(3,4)5;1-14-12-19-15(2)6-11-18(20(19)13-14)16-7-9-17(10-8-16)21(3,4)5;1-3-2;;;/h7-14H,6H2,1-5H3;6-13H,1-5H3;1-2H3;2*1H;/q2*-1;;;;+2/p-2. The summed E-state index contributed by atoms with van der Waals surface area (Å²) in [5.41, 5.74) is 14.2. The minimum absolute atomic E-state index is 0. The summed E-state index contributed by atoms with van der Waals surface area (Å²) in [5, 5.41) is 5.54. The fourth-order valence-electron chi connectivity index (χ4n) is 6.10. The largest absolute Gasteiger partial charge is 1.00 e. The first-order valence-corrected chi connectivity index (χ1v) is 23.3. The molecule has 0 radical (unpaired) electrons. The summed E-state index contributed by atoms with van der Waals surface area (Å²) < 4.78 is 0. The number of halogens is 2. The second-order valence-electron chi connectivity index (χ2n) is 15.4. The van der Waals surface area contributed by atoms with Crippen molar-refractivity contribution in [3.05, 3.63) is 130 Å². The van der Waals surface area contributed by atoms with Gasteiger partial charge in [-0.2, -0.15) is 12.1 Å². The van der Waals surface area contributed by atoms with E-state index in [9.17, 15) is 0 Å². The van der Waals surface area contributed by atoms with Crippen molar-refractivity contribution in [3.63, 3.8) is 0 Å². The number of benzene rings is 4. The average molecular weight is 785 g/mol. The fourth-order valence-corrected chi connectivity index (χ4v) is 6.10. The summed E-state index contributed by atoms with van der Waals surface area (Å²) in [6, 6.07) is 36.4. The molecule has 0 aliphatic heterocycles. The Morgan fingerprint density at radius 1 is 0.571 bits per heavy atom. The Morgan fingerprint density at radius 2 is 0.939 bits per heavy atom. The van der Waals surface area contributed by atoms with Gasteiger partial charge in [-0.05, 0) is 39.5 Å². The minimum Gasteiger partial charge on any atom is -1.00 e. The molecule has 0 spiro atoms. The molecule has 0 nitrogen and oxygen atoms in total. The fraction of sp³-hybridized carbons (Fsp3) is 0.333. The zero-order valence-electron chi connectivity index (χ0n) is 31.7. The number of aryl methyl sites for hydroxylation is 4. The Labute approximate surface area is 325 Å². The van der Waals surface area contributed by atoms with Crippen molar-refractivity contribution in [2.45, 2.75) is 99.6 Å². The maximum Gasteiger partial charge on any atom is -0.0132 e. The number of hydrogen-bond donors (Lipinski definition) is 0. The Morgan fingerprint density at radius 3 is 1.31 bits per heavy atom. The monoisotopic (exact) mass is 782 g/mol. The van der Waals surface area contributed by atoms with Crippen LogP contribution in [-0.4, -0.2) is 5.43 Å². The van der Waals surface area contributed by atoms with E-state index in [-0.39, 0.29) is 41.1 Å². The molecule has 0 saturated carbocycles. The normalized spacial score (nSPS) is 11.1. The van der Waals surface area contributed by atoms with E-state index in [0.717, 1.165) is 6.42 Å². The molecular weight excluding hydrogens is 731 g/mol. The van der Waals surface area contributed by atoms with Gasteiger partial charge in [0.2, 0.25) is 0 Å². The van der Waals surface area contributed by atoms with Crippen LogP contribution in [0.5, 0.6) is 0 Å². The second-order valence-corrected chi connectivity index (χ2v) is 24.8. The maximum absolute atomic E-state index is 2.36. The number of fused-ring (bicyclic) bond motifs is 2. The molecule has 0 atom stereocenters. The molecule has 0 aliphatic carbocycles. The topological polar surface area (TPSA) is 0 Å². The zero-order chi connectivity index (χ0) is 34.7. The van der Waals surface area contributed by atoms with Gasteiger partial charge >= 0.3 is 41.9 Å². The molecule has 0 aliphatic rings. The molecular formula is C45H54Cl2SiZr-2. The van der Waals surface area contributed by atoms with E-state index in [0.29, 0.717) is 0 Å². The van der Waals surface area contributed by atoms with Gasteiger partial charge in [-0.1, -0.05) is 141 Å². The second kappa shape index (κ2) is 17.8. The molecule has 49 heavy (non-hydrogen) atoms. The molecule has 0 N–H and O–H groups in total. The summed E-state index contributed by atoms with van der Waals surface area (Å²) in [7, 11) is 0. The molecule has 0 unspecified atom stereocenters. The minimum atomic E-state index is 0. The van der Waals surface area contributed by atoms with Gasteiger partial charge in [-0.25, -0.2) is 0 Å². The molecule has 0 bridgehead atoms. The van der Waals surface area contributed by atoms with Crippen LogP contribution in [0.15, 0.2) is 97.1 Å². The summed E-state index contributed by atoms with van der Waals surface area (Å²) in [6.07, 6.45) is 1.09. The molecule has 258 valence electrons. The van der Waals surface area contributed by atoms with Gasteiger partial charge in [0.05, 0.1) is 0 Å². The number of hydrogen-bond acceptors (Lipinski definition) is 0. The first-order chi connectivity index (χ1) is 22.0. The third-order valence-corrected chi connectivity index (χ3v) is 8.95. The van der Waals surface area contributed by atoms with E-state index >= 15 is 0 Å². The predicted molar refractivity (Wildman–Crippen MR) is 208 cm³/mol. The molecule has 6 rings (SSSR count). The smallest absolute Gasteiger partial charge is 0.0132 e. The van der Waals surface area contributed by atoms with Crippen molar-refractivity contribution in [2.24, 2.45) is 0 Å². The van der Waals surface area contributed by atoms with Gasteiger partial charge in [0.25, 0.3) is 0 Å². The third-order valence-electron chi connectivity index (χ3n) is 8.95. The Kier molecular flexibility index (Phi) is 15.6. The van der Waals surface area contributed by atoms with Gasteiger partial charge in [0.1, 0.15) is 0 Å². The molecule has 0 aromatic heterocycles. The predicted octanol–water partition coefficient (Wildman–Crippen LogP) is 7.33. The van der Waals surface area contributed by atoms with Crippen molar-refractivity contribution in [2.75, 3.05) is 0 Å². The van der Waals surface area contributed by atoms with E-state index in [1.165, 1.54) is 77.2 Å². The first kappa shape index (κ1) is 42.9. The van der Waals surface area contributed by atoms with Crippen molar-refractivity contribution in [1.29, 1.82) is 0 Å². The molecule has 0 amide bonds. The van der Waals surface area contributed by atoms with Gasteiger partial charge in [-0.15, -0.1) is 68.1 Å². The van der Waals surface area contributed by atoms with Gasteiger partial charge < -0.3 is 24.8 Å². The number of rotatable bonds is 3. The summed E-state index contributed by atoms with van der Waals surface area (Å²) >= 11 is 1.74. The van der Waals surface area contributed by atoms with Crippen LogP contribution in [-0.2, 0) is 40.6 Å². The Balaban J connectivity index is 0.000000296. The SMILES string of the molecule is CCc1cc2c(-c3ccc(C(C)(C)C)cc3)ccc(C)c2[cH-]1.C[Si](C)=[Zr+2].Cc1cc2c(-c3ccc(C(C)(C)C)cc3)ccc(C)c2[cH-]1.[Cl-].[Cl-]. The van der Waals surface area contributed by atoms with E-state index in [4.69, 9.17) is 0 Å². The average Bonchev–Trinajstić information content (AvgIpc) is 3.62. The molecule has 6 aromatic rings. The van der Waals surface area contributed by atoms with Crippen LogP contribution < -0.4 is 24.8 Å². The van der Waals surface area contributed by atoms with Gasteiger partial charge in [0, 0.05) is 0 Å². The van der Waals surface area contributed by atoms with Crippen LogP contribution in [0, 0.1) is 20.8 Å². The maximum atomic E-state index is 2.36. The van der Waals surface area contributed by atoms with Gasteiger partial charge in [0.15, 0.2) is 0 Å². The molecule has 0 fully saturated rings. The quantitative estimate of drug-likeness (QED) is 0.130. The summed E-state index contributed by atoms with van der Waals surface area (Å²) in [4.78, 5) is 0. The van der Waals surface area contributed by atoms with Crippen molar-refractivity contribution >= 4 is 27.0 Å². The van der Waals surface area contributed by atoms with Crippen LogP contribution in [0.1, 0.15) is 81.8 Å².